The molecular weight excluding hydrogens is 378 g/mol. The third-order valence-corrected chi connectivity index (χ3v) is 5.14. The number of amides is 1. The van der Waals surface area contributed by atoms with Gasteiger partial charge in [-0.1, -0.05) is 11.2 Å². The van der Waals surface area contributed by atoms with Crippen LogP contribution in [0.2, 0.25) is 0 Å². The van der Waals surface area contributed by atoms with Crippen LogP contribution in [0.4, 0.5) is 5.69 Å². The van der Waals surface area contributed by atoms with E-state index in [9.17, 15) is 4.79 Å². The highest BCUT2D eigenvalue weighted by Gasteiger charge is 2.20. The van der Waals surface area contributed by atoms with Gasteiger partial charge < -0.3 is 19.3 Å². The molecule has 8 heteroatoms. The zero-order valence-electron chi connectivity index (χ0n) is 15.5. The number of thiophene rings is 1. The first-order valence-corrected chi connectivity index (χ1v) is 9.32. The van der Waals surface area contributed by atoms with E-state index < -0.39 is 0 Å². The Labute approximate surface area is 164 Å². The summed E-state index contributed by atoms with van der Waals surface area (Å²) in [5, 5.41) is 9.41. The second-order valence-electron chi connectivity index (χ2n) is 6.04. The number of ether oxygens (including phenoxy) is 2. The van der Waals surface area contributed by atoms with Gasteiger partial charge in [-0.05, 0) is 24.4 Å². The number of aryl methyl sites for hydroxylation is 1. The average molecular weight is 395 g/mol. The molecule has 142 valence electrons. The van der Waals surface area contributed by atoms with Crippen LogP contribution < -0.4 is 14.8 Å². The van der Waals surface area contributed by atoms with Crippen molar-refractivity contribution in [2.45, 2.75) is 6.92 Å². The molecule has 1 N–H and O–H groups in total. The van der Waals surface area contributed by atoms with Crippen molar-refractivity contribution in [2.24, 2.45) is 0 Å². The molecule has 1 amide bonds. The van der Waals surface area contributed by atoms with Crippen LogP contribution in [0.25, 0.3) is 21.7 Å². The summed E-state index contributed by atoms with van der Waals surface area (Å²) < 4.78 is 15.9. The van der Waals surface area contributed by atoms with Crippen molar-refractivity contribution in [1.29, 1.82) is 0 Å². The lowest BCUT2D eigenvalue weighted by atomic mass is 10.1. The van der Waals surface area contributed by atoms with E-state index in [1.165, 1.54) is 11.3 Å². The highest BCUT2D eigenvalue weighted by molar-refractivity contribution is 7.13. The highest BCUT2D eigenvalue weighted by atomic mass is 32.1. The van der Waals surface area contributed by atoms with Gasteiger partial charge in [0.25, 0.3) is 11.6 Å². The maximum absolute atomic E-state index is 13.1. The van der Waals surface area contributed by atoms with Crippen molar-refractivity contribution >= 4 is 34.0 Å². The third-order valence-electron chi connectivity index (χ3n) is 4.24. The number of pyridine rings is 1. The summed E-state index contributed by atoms with van der Waals surface area (Å²) >= 11 is 1.54. The molecule has 28 heavy (non-hydrogen) atoms. The summed E-state index contributed by atoms with van der Waals surface area (Å²) in [7, 11) is 3.11. The van der Waals surface area contributed by atoms with Crippen molar-refractivity contribution in [3.8, 4) is 22.1 Å². The van der Waals surface area contributed by atoms with Gasteiger partial charge in [0.05, 0.1) is 41.4 Å². The van der Waals surface area contributed by atoms with Crippen molar-refractivity contribution in [2.75, 3.05) is 19.5 Å². The molecule has 0 spiro atoms. The minimum Gasteiger partial charge on any atom is -0.497 e. The van der Waals surface area contributed by atoms with Crippen LogP contribution in [0.5, 0.6) is 11.5 Å². The Morgan fingerprint density at radius 1 is 1.14 bits per heavy atom. The zero-order valence-corrected chi connectivity index (χ0v) is 16.3. The van der Waals surface area contributed by atoms with E-state index in [-0.39, 0.29) is 5.91 Å². The smallest absolute Gasteiger partial charge is 0.259 e. The lowest BCUT2D eigenvalue weighted by Crippen LogP contribution is -2.13. The van der Waals surface area contributed by atoms with Gasteiger partial charge in [-0.15, -0.1) is 11.3 Å². The monoisotopic (exact) mass is 395 g/mol. The fourth-order valence-corrected chi connectivity index (χ4v) is 3.59. The SMILES string of the molecule is COc1cc(NC(=O)c2cc(-c3cccs3)nc3onc(C)c23)cc(OC)c1. The van der Waals surface area contributed by atoms with Gasteiger partial charge in [0.15, 0.2) is 0 Å². The molecule has 0 atom stereocenters. The van der Waals surface area contributed by atoms with Crippen molar-refractivity contribution in [3.63, 3.8) is 0 Å². The number of hydrogen-bond donors (Lipinski definition) is 1. The number of anilines is 1. The van der Waals surface area contributed by atoms with Crippen LogP contribution in [-0.2, 0) is 0 Å². The van der Waals surface area contributed by atoms with Gasteiger partial charge >= 0.3 is 0 Å². The number of carbonyl (C=O) groups excluding carboxylic acids is 1. The van der Waals surface area contributed by atoms with Crippen molar-refractivity contribution < 1.29 is 18.8 Å². The summed E-state index contributed by atoms with van der Waals surface area (Å²) in [6, 6.07) is 10.8. The van der Waals surface area contributed by atoms with E-state index in [0.29, 0.717) is 45.2 Å². The Balaban J connectivity index is 1.78. The maximum atomic E-state index is 13.1. The molecule has 0 aliphatic rings. The molecule has 4 aromatic rings. The molecule has 0 aliphatic carbocycles. The fourth-order valence-electron chi connectivity index (χ4n) is 2.90. The van der Waals surface area contributed by atoms with Gasteiger partial charge in [0, 0.05) is 23.9 Å². The van der Waals surface area contributed by atoms with Crippen LogP contribution >= 0.6 is 11.3 Å². The first kappa shape index (κ1) is 18.0. The van der Waals surface area contributed by atoms with Crippen molar-refractivity contribution in [3.05, 3.63) is 53.0 Å². The van der Waals surface area contributed by atoms with Gasteiger partial charge in [-0.2, -0.15) is 0 Å². The maximum Gasteiger partial charge on any atom is 0.259 e. The van der Waals surface area contributed by atoms with Crippen molar-refractivity contribution in [1.82, 2.24) is 10.1 Å². The lowest BCUT2D eigenvalue weighted by molar-refractivity contribution is 0.102. The summed E-state index contributed by atoms with van der Waals surface area (Å²) in [5.74, 6) is 0.858. The summed E-state index contributed by atoms with van der Waals surface area (Å²) in [6.07, 6.45) is 0. The van der Waals surface area contributed by atoms with E-state index in [1.54, 1.807) is 45.4 Å². The Hall–Kier alpha value is -3.39. The van der Waals surface area contributed by atoms with E-state index in [2.05, 4.69) is 15.5 Å². The van der Waals surface area contributed by atoms with Crippen LogP contribution in [0, 0.1) is 6.92 Å². The first-order chi connectivity index (χ1) is 13.6. The second kappa shape index (κ2) is 7.32. The third kappa shape index (κ3) is 3.29. The molecule has 0 unspecified atom stereocenters. The number of aromatic nitrogens is 2. The minimum absolute atomic E-state index is 0.299. The molecule has 0 radical (unpaired) electrons. The van der Waals surface area contributed by atoms with Crippen LogP contribution in [0.3, 0.4) is 0 Å². The molecule has 7 nitrogen and oxygen atoms in total. The Morgan fingerprint density at radius 2 is 1.89 bits per heavy atom. The number of rotatable bonds is 5. The number of benzene rings is 1. The lowest BCUT2D eigenvalue weighted by Gasteiger charge is -2.11. The van der Waals surface area contributed by atoms with Crippen LogP contribution in [0.1, 0.15) is 16.1 Å². The standard InChI is InChI=1S/C20H17N3O4S/c1-11-18-15(10-16(17-5-4-6-28-17)22-20(18)27-23-11)19(24)21-12-7-13(25-2)9-14(8-12)26-3/h4-10H,1-3H3,(H,21,24). The molecule has 0 saturated heterocycles. The molecule has 0 fully saturated rings. The second-order valence-corrected chi connectivity index (χ2v) is 6.98. The van der Waals surface area contributed by atoms with Gasteiger partial charge in [0.1, 0.15) is 11.5 Å². The minimum atomic E-state index is -0.299. The number of hydrogen-bond acceptors (Lipinski definition) is 7. The van der Waals surface area contributed by atoms with E-state index in [4.69, 9.17) is 14.0 Å². The predicted octanol–water partition coefficient (Wildman–Crippen LogP) is 4.53. The predicted molar refractivity (Wildman–Crippen MR) is 107 cm³/mol. The fraction of sp³-hybridized carbons (Fsp3) is 0.150. The molecule has 0 bridgehead atoms. The van der Waals surface area contributed by atoms with Crippen LogP contribution in [0.15, 0.2) is 46.3 Å². The molecular formula is C20H17N3O4S. The highest BCUT2D eigenvalue weighted by Crippen LogP contribution is 2.31. The average Bonchev–Trinajstić information content (AvgIpc) is 3.37. The number of methoxy groups -OCH3 is 2. The molecule has 4 rings (SSSR count). The van der Waals surface area contributed by atoms with Gasteiger partial charge in [-0.25, -0.2) is 4.98 Å². The number of carbonyl (C=O) groups is 1. The summed E-state index contributed by atoms with van der Waals surface area (Å²) in [4.78, 5) is 18.6. The van der Waals surface area contributed by atoms with E-state index >= 15 is 0 Å². The Kier molecular flexibility index (Phi) is 4.70. The van der Waals surface area contributed by atoms with Crippen LogP contribution in [-0.4, -0.2) is 30.3 Å². The summed E-state index contributed by atoms with van der Waals surface area (Å²) in [6.45, 7) is 1.78. The van der Waals surface area contributed by atoms with Gasteiger partial charge in [-0.3, -0.25) is 4.79 Å². The largest absolute Gasteiger partial charge is 0.497 e. The first-order valence-electron chi connectivity index (χ1n) is 8.44. The number of nitrogens with zero attached hydrogens (tertiary/aromatic N) is 2. The molecule has 0 saturated carbocycles. The number of nitrogens with one attached hydrogen (secondary N) is 1. The molecule has 3 aromatic heterocycles. The molecule has 3 heterocycles. The normalized spacial score (nSPS) is 10.8. The molecule has 0 aliphatic heterocycles. The Bertz CT molecular complexity index is 1130. The zero-order chi connectivity index (χ0) is 19.7. The molecule has 1 aromatic carbocycles. The van der Waals surface area contributed by atoms with E-state index in [1.807, 2.05) is 17.5 Å². The van der Waals surface area contributed by atoms with E-state index in [0.717, 1.165) is 4.88 Å². The Morgan fingerprint density at radius 3 is 2.54 bits per heavy atom. The topological polar surface area (TPSA) is 86.5 Å². The summed E-state index contributed by atoms with van der Waals surface area (Å²) in [5.41, 5.74) is 2.59. The number of fused-ring (bicyclic) bond motifs is 1. The quantitative estimate of drug-likeness (QED) is 0.534. The van der Waals surface area contributed by atoms with Gasteiger partial charge in [0.2, 0.25) is 0 Å².